The number of rotatable bonds is 4. The van der Waals surface area contributed by atoms with E-state index in [1.807, 2.05) is 31.2 Å². The van der Waals surface area contributed by atoms with Crippen LogP contribution in [0.25, 0.3) is 0 Å². The lowest BCUT2D eigenvalue weighted by atomic mass is 10.1. The maximum absolute atomic E-state index is 14.0. The molecule has 3 aromatic rings. The van der Waals surface area contributed by atoms with Crippen LogP contribution < -0.4 is 5.32 Å². The summed E-state index contributed by atoms with van der Waals surface area (Å²) < 4.78 is 14.0. The van der Waals surface area contributed by atoms with Crippen LogP contribution in [0.1, 0.15) is 49.6 Å². The molecule has 0 unspecified atom stereocenters. The summed E-state index contributed by atoms with van der Waals surface area (Å²) in [5.41, 5.74) is 1.82. The first kappa shape index (κ1) is 19.2. The minimum absolute atomic E-state index is 0.0428. The number of amides is 2. The lowest BCUT2D eigenvalue weighted by molar-refractivity contribution is 0.0730. The van der Waals surface area contributed by atoms with Gasteiger partial charge in [0.1, 0.15) is 10.8 Å². The van der Waals surface area contributed by atoms with Crippen LogP contribution in [-0.2, 0) is 0 Å². The summed E-state index contributed by atoms with van der Waals surface area (Å²) in [6, 6.07) is 13.1. The zero-order valence-corrected chi connectivity index (χ0v) is 16.6. The van der Waals surface area contributed by atoms with Crippen molar-refractivity contribution in [3.63, 3.8) is 0 Å². The molecule has 4 rings (SSSR count). The Labute approximate surface area is 171 Å². The Hall–Kier alpha value is -3.13. The first-order valence-corrected chi connectivity index (χ1v) is 10.1. The third-order valence-electron chi connectivity index (χ3n) is 4.85. The van der Waals surface area contributed by atoms with Crippen molar-refractivity contribution in [1.29, 1.82) is 0 Å². The number of nitrogens with one attached hydrogen (secondary N) is 1. The van der Waals surface area contributed by atoms with Gasteiger partial charge in [0.15, 0.2) is 0 Å². The number of hydrogen-bond acceptors (Lipinski definition) is 5. The Morgan fingerprint density at radius 3 is 2.66 bits per heavy atom. The van der Waals surface area contributed by atoms with E-state index in [9.17, 15) is 14.0 Å². The Balaban J connectivity index is 1.50. The number of anilines is 1. The van der Waals surface area contributed by atoms with E-state index in [1.165, 1.54) is 12.1 Å². The second-order valence-corrected chi connectivity index (χ2v) is 7.91. The SMILES string of the molecule is Cc1ccc(NC(=O)c2nnc([C@@H]3CCCN3C(=O)c3ccccc3F)s2)cc1. The van der Waals surface area contributed by atoms with Gasteiger partial charge in [0, 0.05) is 12.2 Å². The zero-order chi connectivity index (χ0) is 20.4. The van der Waals surface area contributed by atoms with Crippen molar-refractivity contribution < 1.29 is 14.0 Å². The third kappa shape index (κ3) is 4.02. The predicted molar refractivity (Wildman–Crippen MR) is 108 cm³/mol. The summed E-state index contributed by atoms with van der Waals surface area (Å²) in [7, 11) is 0. The Morgan fingerprint density at radius 1 is 1.14 bits per heavy atom. The highest BCUT2D eigenvalue weighted by Crippen LogP contribution is 2.35. The second kappa shape index (κ2) is 8.08. The van der Waals surface area contributed by atoms with Gasteiger partial charge in [-0.2, -0.15) is 0 Å². The number of carbonyl (C=O) groups excluding carboxylic acids is 2. The van der Waals surface area contributed by atoms with Gasteiger partial charge < -0.3 is 10.2 Å². The van der Waals surface area contributed by atoms with Crippen molar-refractivity contribution >= 4 is 28.8 Å². The molecule has 2 amide bonds. The lowest BCUT2D eigenvalue weighted by Gasteiger charge is -2.23. The average Bonchev–Trinajstić information content (AvgIpc) is 3.39. The number of aryl methyl sites for hydroxylation is 1. The molecule has 29 heavy (non-hydrogen) atoms. The number of halogens is 1. The van der Waals surface area contributed by atoms with Gasteiger partial charge in [0.05, 0.1) is 11.6 Å². The largest absolute Gasteiger partial charge is 0.329 e. The van der Waals surface area contributed by atoms with E-state index in [2.05, 4.69) is 15.5 Å². The molecule has 1 fully saturated rings. The average molecular weight is 410 g/mol. The van der Waals surface area contributed by atoms with Crippen LogP contribution in [0.2, 0.25) is 0 Å². The smallest absolute Gasteiger partial charge is 0.286 e. The lowest BCUT2D eigenvalue weighted by Crippen LogP contribution is -2.31. The molecule has 0 spiro atoms. The summed E-state index contributed by atoms with van der Waals surface area (Å²) >= 11 is 1.16. The van der Waals surface area contributed by atoms with E-state index in [0.717, 1.165) is 23.3 Å². The first-order valence-electron chi connectivity index (χ1n) is 9.30. The standard InChI is InChI=1S/C21H19FN4O2S/c1-13-8-10-14(11-9-13)23-18(27)20-25-24-19(29-20)17-7-4-12-26(17)21(28)15-5-2-3-6-16(15)22/h2-3,5-6,8-11,17H,4,7,12H2,1H3,(H,23,27)/t17-/m0/s1. The summed E-state index contributed by atoms with van der Waals surface area (Å²) in [5.74, 6) is -1.26. The number of nitrogens with zero attached hydrogens (tertiary/aromatic N) is 3. The fourth-order valence-corrected chi connectivity index (χ4v) is 4.22. The molecule has 0 saturated carbocycles. The fraction of sp³-hybridized carbons (Fsp3) is 0.238. The molecular weight excluding hydrogens is 391 g/mol. The minimum Gasteiger partial charge on any atom is -0.329 e. The predicted octanol–water partition coefficient (Wildman–Crippen LogP) is 4.22. The Morgan fingerprint density at radius 2 is 1.90 bits per heavy atom. The van der Waals surface area contributed by atoms with E-state index < -0.39 is 5.82 Å². The third-order valence-corrected chi connectivity index (χ3v) is 5.87. The van der Waals surface area contributed by atoms with Gasteiger partial charge in [-0.15, -0.1) is 10.2 Å². The van der Waals surface area contributed by atoms with E-state index >= 15 is 0 Å². The molecule has 1 aliphatic heterocycles. The molecule has 1 aromatic heterocycles. The van der Waals surface area contributed by atoms with Crippen LogP contribution in [0.4, 0.5) is 10.1 Å². The summed E-state index contributed by atoms with van der Waals surface area (Å²) in [6.07, 6.45) is 1.49. The number of aromatic nitrogens is 2. The quantitative estimate of drug-likeness (QED) is 0.699. The molecule has 0 radical (unpaired) electrons. The van der Waals surface area contributed by atoms with Crippen LogP contribution in [0.5, 0.6) is 0 Å². The molecular formula is C21H19FN4O2S. The van der Waals surface area contributed by atoms with Gasteiger partial charge in [0.25, 0.3) is 11.8 Å². The second-order valence-electron chi connectivity index (χ2n) is 6.90. The highest BCUT2D eigenvalue weighted by Gasteiger charge is 2.34. The van der Waals surface area contributed by atoms with Gasteiger partial charge in [-0.3, -0.25) is 9.59 Å². The van der Waals surface area contributed by atoms with E-state index in [4.69, 9.17) is 0 Å². The van der Waals surface area contributed by atoms with Gasteiger partial charge >= 0.3 is 0 Å². The van der Waals surface area contributed by atoms with Crippen LogP contribution >= 0.6 is 11.3 Å². The van der Waals surface area contributed by atoms with Crippen molar-refractivity contribution in [3.05, 3.63) is 75.5 Å². The van der Waals surface area contributed by atoms with Gasteiger partial charge in [-0.1, -0.05) is 41.2 Å². The van der Waals surface area contributed by atoms with E-state index in [0.29, 0.717) is 23.7 Å². The Kier molecular flexibility index (Phi) is 5.35. The molecule has 1 N–H and O–H groups in total. The maximum Gasteiger partial charge on any atom is 0.286 e. The van der Waals surface area contributed by atoms with Crippen LogP contribution in [0, 0.1) is 12.7 Å². The Bertz CT molecular complexity index is 1050. The molecule has 2 aromatic carbocycles. The highest BCUT2D eigenvalue weighted by atomic mass is 32.1. The molecule has 8 heteroatoms. The van der Waals surface area contributed by atoms with Crippen LogP contribution in [-0.4, -0.2) is 33.5 Å². The highest BCUT2D eigenvalue weighted by molar-refractivity contribution is 7.13. The maximum atomic E-state index is 14.0. The van der Waals surface area contributed by atoms with Gasteiger partial charge in [0.2, 0.25) is 5.01 Å². The van der Waals surface area contributed by atoms with Crippen LogP contribution in [0.15, 0.2) is 48.5 Å². The number of likely N-dealkylation sites (tertiary alicyclic amines) is 1. The molecule has 6 nitrogen and oxygen atoms in total. The molecule has 1 aliphatic rings. The van der Waals surface area contributed by atoms with E-state index in [1.54, 1.807) is 17.0 Å². The normalized spacial score (nSPS) is 16.1. The summed E-state index contributed by atoms with van der Waals surface area (Å²) in [5, 5.41) is 11.8. The van der Waals surface area contributed by atoms with Crippen molar-refractivity contribution in [2.24, 2.45) is 0 Å². The zero-order valence-electron chi connectivity index (χ0n) is 15.8. The summed E-state index contributed by atoms with van der Waals surface area (Å²) in [4.78, 5) is 26.9. The number of hydrogen-bond donors (Lipinski definition) is 1. The number of carbonyl (C=O) groups is 2. The molecule has 0 bridgehead atoms. The monoisotopic (exact) mass is 410 g/mol. The fourth-order valence-electron chi connectivity index (χ4n) is 3.34. The van der Waals surface area contributed by atoms with Crippen molar-refractivity contribution in [2.75, 3.05) is 11.9 Å². The van der Waals surface area contributed by atoms with Crippen molar-refractivity contribution in [2.45, 2.75) is 25.8 Å². The molecule has 0 aliphatic carbocycles. The van der Waals surface area contributed by atoms with Gasteiger partial charge in [-0.25, -0.2) is 4.39 Å². The van der Waals surface area contributed by atoms with Crippen molar-refractivity contribution in [3.8, 4) is 0 Å². The van der Waals surface area contributed by atoms with E-state index in [-0.39, 0.29) is 28.4 Å². The molecule has 1 saturated heterocycles. The topological polar surface area (TPSA) is 75.2 Å². The minimum atomic E-state index is -0.543. The van der Waals surface area contributed by atoms with Crippen LogP contribution in [0.3, 0.4) is 0 Å². The first-order chi connectivity index (χ1) is 14.0. The summed E-state index contributed by atoms with van der Waals surface area (Å²) in [6.45, 7) is 2.49. The number of benzene rings is 2. The molecule has 148 valence electrons. The molecule has 1 atom stereocenters. The molecule has 2 heterocycles. The van der Waals surface area contributed by atoms with Gasteiger partial charge in [-0.05, 0) is 44.0 Å². The van der Waals surface area contributed by atoms with Crippen molar-refractivity contribution in [1.82, 2.24) is 15.1 Å².